The van der Waals surface area contributed by atoms with E-state index in [1.165, 1.54) is 12.1 Å². The Balaban J connectivity index is 1.78. The van der Waals surface area contributed by atoms with E-state index in [-0.39, 0.29) is 5.82 Å². The monoisotopic (exact) mass is 289 g/mol. The molecule has 0 saturated carbocycles. The maximum Gasteiger partial charge on any atom is 0.123 e. The Morgan fingerprint density at radius 1 is 0.952 bits per heavy atom. The second-order valence-electron chi connectivity index (χ2n) is 4.55. The molecule has 0 radical (unpaired) electrons. The summed E-state index contributed by atoms with van der Waals surface area (Å²) in [5.41, 5.74) is 2.03. The van der Waals surface area contributed by atoms with Gasteiger partial charge in [0, 0.05) is 18.8 Å². The van der Waals surface area contributed by atoms with Gasteiger partial charge in [-0.25, -0.2) is 4.39 Å². The van der Waals surface area contributed by atoms with E-state index in [4.69, 9.17) is 9.47 Å². The van der Waals surface area contributed by atoms with Crippen LogP contribution in [0.2, 0.25) is 0 Å². The predicted molar refractivity (Wildman–Crippen MR) is 82.2 cm³/mol. The summed E-state index contributed by atoms with van der Waals surface area (Å²) in [5, 5.41) is 3.24. The van der Waals surface area contributed by atoms with E-state index < -0.39 is 0 Å². The Kier molecular flexibility index (Phi) is 6.03. The molecule has 0 fully saturated rings. The molecule has 21 heavy (non-hydrogen) atoms. The molecule has 0 heterocycles. The van der Waals surface area contributed by atoms with Crippen LogP contribution in [-0.4, -0.2) is 19.8 Å². The smallest absolute Gasteiger partial charge is 0.123 e. The zero-order valence-corrected chi connectivity index (χ0v) is 12.1. The van der Waals surface area contributed by atoms with Gasteiger partial charge in [0.2, 0.25) is 0 Å². The van der Waals surface area contributed by atoms with Crippen LogP contribution in [0.3, 0.4) is 0 Å². The number of anilines is 1. The Morgan fingerprint density at radius 2 is 1.67 bits per heavy atom. The Hall–Kier alpha value is -2.07. The van der Waals surface area contributed by atoms with Gasteiger partial charge in [0.25, 0.3) is 0 Å². The molecule has 0 bridgehead atoms. The topological polar surface area (TPSA) is 30.5 Å². The van der Waals surface area contributed by atoms with E-state index in [9.17, 15) is 4.39 Å². The lowest BCUT2D eigenvalue weighted by Crippen LogP contribution is -2.06. The molecule has 0 atom stereocenters. The first kappa shape index (κ1) is 15.3. The molecule has 2 aromatic rings. The van der Waals surface area contributed by atoms with Crippen LogP contribution < -0.4 is 10.1 Å². The Morgan fingerprint density at radius 3 is 2.33 bits per heavy atom. The lowest BCUT2D eigenvalue weighted by molar-refractivity contribution is 0.110. The molecule has 2 rings (SSSR count). The zero-order chi connectivity index (χ0) is 14.9. The molecule has 0 unspecified atom stereocenters. The third-order valence-corrected chi connectivity index (χ3v) is 2.96. The average Bonchev–Trinajstić information content (AvgIpc) is 2.52. The number of ether oxygens (including phenoxy) is 2. The van der Waals surface area contributed by atoms with Crippen LogP contribution in [0.4, 0.5) is 10.1 Å². The van der Waals surface area contributed by atoms with Crippen molar-refractivity contribution in [1.29, 1.82) is 0 Å². The lowest BCUT2D eigenvalue weighted by Gasteiger charge is -2.09. The van der Waals surface area contributed by atoms with Gasteiger partial charge in [0.1, 0.15) is 18.2 Å². The molecule has 0 aliphatic rings. The standard InChI is InChI=1S/C17H20FNO2/c1-2-20-11-12-21-17-9-3-14(4-10-17)13-19-16-7-5-15(18)6-8-16/h3-10,19H,2,11-13H2,1H3. The number of halogens is 1. The summed E-state index contributed by atoms with van der Waals surface area (Å²) in [6, 6.07) is 14.2. The average molecular weight is 289 g/mol. The van der Waals surface area contributed by atoms with Gasteiger partial charge in [-0.05, 0) is 48.9 Å². The minimum atomic E-state index is -0.228. The van der Waals surface area contributed by atoms with Gasteiger partial charge in [-0.1, -0.05) is 12.1 Å². The van der Waals surface area contributed by atoms with E-state index in [1.54, 1.807) is 12.1 Å². The summed E-state index contributed by atoms with van der Waals surface area (Å²) in [5.74, 6) is 0.606. The maximum absolute atomic E-state index is 12.8. The fraction of sp³-hybridized carbons (Fsp3) is 0.294. The van der Waals surface area contributed by atoms with Crippen molar-refractivity contribution in [1.82, 2.24) is 0 Å². The number of rotatable bonds is 8. The van der Waals surface area contributed by atoms with Gasteiger partial charge in [0.15, 0.2) is 0 Å². The number of nitrogens with one attached hydrogen (secondary N) is 1. The molecule has 0 spiro atoms. The first-order valence-electron chi connectivity index (χ1n) is 7.07. The highest BCUT2D eigenvalue weighted by Gasteiger charge is 1.97. The predicted octanol–water partition coefficient (Wildman–Crippen LogP) is 3.85. The highest BCUT2D eigenvalue weighted by molar-refractivity contribution is 5.43. The number of hydrogen-bond donors (Lipinski definition) is 1. The quantitative estimate of drug-likeness (QED) is 0.749. The fourth-order valence-corrected chi connectivity index (χ4v) is 1.84. The molecule has 0 aliphatic heterocycles. The van der Waals surface area contributed by atoms with Crippen LogP contribution in [0, 0.1) is 5.82 Å². The van der Waals surface area contributed by atoms with Crippen molar-refractivity contribution >= 4 is 5.69 Å². The van der Waals surface area contributed by atoms with Gasteiger partial charge in [-0.15, -0.1) is 0 Å². The summed E-state index contributed by atoms with van der Waals surface area (Å²) in [4.78, 5) is 0. The van der Waals surface area contributed by atoms with E-state index >= 15 is 0 Å². The zero-order valence-electron chi connectivity index (χ0n) is 12.1. The van der Waals surface area contributed by atoms with Crippen LogP contribution in [0.5, 0.6) is 5.75 Å². The van der Waals surface area contributed by atoms with Crippen molar-refractivity contribution in [3.05, 3.63) is 59.9 Å². The molecule has 0 amide bonds. The van der Waals surface area contributed by atoms with E-state index in [0.717, 1.165) is 17.0 Å². The second kappa shape index (κ2) is 8.27. The molecule has 112 valence electrons. The molecule has 0 saturated heterocycles. The van der Waals surface area contributed by atoms with E-state index in [2.05, 4.69) is 5.32 Å². The SMILES string of the molecule is CCOCCOc1ccc(CNc2ccc(F)cc2)cc1. The molecule has 0 aliphatic carbocycles. The summed E-state index contributed by atoms with van der Waals surface area (Å²) in [7, 11) is 0. The van der Waals surface area contributed by atoms with Crippen LogP contribution in [0.1, 0.15) is 12.5 Å². The number of hydrogen-bond acceptors (Lipinski definition) is 3. The van der Waals surface area contributed by atoms with Crippen LogP contribution in [0.25, 0.3) is 0 Å². The van der Waals surface area contributed by atoms with Crippen LogP contribution >= 0.6 is 0 Å². The van der Waals surface area contributed by atoms with E-state index in [1.807, 2.05) is 31.2 Å². The highest BCUT2D eigenvalue weighted by Crippen LogP contribution is 2.14. The molecule has 0 aromatic heterocycles. The molecule has 3 nitrogen and oxygen atoms in total. The summed E-state index contributed by atoms with van der Waals surface area (Å²) in [6.45, 7) is 4.51. The van der Waals surface area contributed by atoms with Crippen molar-refractivity contribution in [2.24, 2.45) is 0 Å². The van der Waals surface area contributed by atoms with E-state index in [0.29, 0.717) is 26.4 Å². The third-order valence-electron chi connectivity index (χ3n) is 2.96. The summed E-state index contributed by atoms with van der Waals surface area (Å²) in [6.07, 6.45) is 0. The molecule has 1 N–H and O–H groups in total. The van der Waals surface area contributed by atoms with Crippen molar-refractivity contribution in [2.75, 3.05) is 25.1 Å². The van der Waals surface area contributed by atoms with Gasteiger partial charge in [-0.2, -0.15) is 0 Å². The minimum Gasteiger partial charge on any atom is -0.491 e. The lowest BCUT2D eigenvalue weighted by atomic mass is 10.2. The van der Waals surface area contributed by atoms with Crippen LogP contribution in [-0.2, 0) is 11.3 Å². The van der Waals surface area contributed by atoms with Gasteiger partial charge in [-0.3, -0.25) is 0 Å². The first-order chi connectivity index (χ1) is 10.3. The van der Waals surface area contributed by atoms with Crippen molar-refractivity contribution in [3.63, 3.8) is 0 Å². The number of benzene rings is 2. The minimum absolute atomic E-state index is 0.228. The fourth-order valence-electron chi connectivity index (χ4n) is 1.84. The van der Waals surface area contributed by atoms with Crippen molar-refractivity contribution < 1.29 is 13.9 Å². The van der Waals surface area contributed by atoms with Gasteiger partial charge < -0.3 is 14.8 Å². The maximum atomic E-state index is 12.8. The first-order valence-corrected chi connectivity index (χ1v) is 7.07. The normalized spacial score (nSPS) is 10.4. The molecular formula is C17H20FNO2. The molecule has 2 aromatic carbocycles. The summed E-state index contributed by atoms with van der Waals surface area (Å²) < 4.78 is 23.6. The molecular weight excluding hydrogens is 269 g/mol. The Labute approximate surface area is 124 Å². The second-order valence-corrected chi connectivity index (χ2v) is 4.55. The van der Waals surface area contributed by atoms with Crippen molar-refractivity contribution in [2.45, 2.75) is 13.5 Å². The largest absolute Gasteiger partial charge is 0.491 e. The summed E-state index contributed by atoms with van der Waals surface area (Å²) >= 11 is 0. The van der Waals surface area contributed by atoms with Crippen LogP contribution in [0.15, 0.2) is 48.5 Å². The highest BCUT2D eigenvalue weighted by atomic mass is 19.1. The van der Waals surface area contributed by atoms with Gasteiger partial charge >= 0.3 is 0 Å². The third kappa shape index (κ3) is 5.44. The molecule has 4 heteroatoms. The Bertz CT molecular complexity index is 525. The van der Waals surface area contributed by atoms with Gasteiger partial charge in [0.05, 0.1) is 6.61 Å². The van der Waals surface area contributed by atoms with Crippen molar-refractivity contribution in [3.8, 4) is 5.75 Å².